The summed E-state index contributed by atoms with van der Waals surface area (Å²) in [6.45, 7) is 4.48. The fraction of sp³-hybridized carbons (Fsp3) is 0.0625. The molecule has 2 aromatic heterocycles. The molecule has 0 radical (unpaired) electrons. The van der Waals surface area contributed by atoms with E-state index in [1.54, 1.807) is 0 Å². The van der Waals surface area contributed by atoms with Crippen molar-refractivity contribution in [3.8, 4) is 84.7 Å². The molecule has 9 rings (SSSR count). The highest BCUT2D eigenvalue weighted by atomic mass is 15.0. The Morgan fingerprint density at radius 3 is 1.51 bits per heavy atom. The van der Waals surface area contributed by atoms with Crippen LogP contribution in [0.15, 0.2) is 164 Å². The van der Waals surface area contributed by atoms with Crippen LogP contribution in [-0.4, -0.2) is 19.9 Å². The molecule has 5 nitrogen and oxygen atoms in total. The third-order valence-electron chi connectivity index (χ3n) is 10.3. The van der Waals surface area contributed by atoms with Crippen LogP contribution in [0.3, 0.4) is 0 Å². The second-order valence-corrected chi connectivity index (χ2v) is 13.9. The van der Waals surface area contributed by atoms with E-state index in [4.69, 9.17) is 15.0 Å². The van der Waals surface area contributed by atoms with Crippen molar-refractivity contribution in [2.75, 3.05) is 0 Å². The lowest BCUT2D eigenvalue weighted by Gasteiger charge is -2.22. The van der Waals surface area contributed by atoms with Crippen molar-refractivity contribution in [3.63, 3.8) is 0 Å². The Hall–Kier alpha value is -7.03. The quantitative estimate of drug-likeness (QED) is 0.175. The van der Waals surface area contributed by atoms with E-state index in [-0.39, 0.29) is 5.41 Å². The summed E-state index contributed by atoms with van der Waals surface area (Å²) < 4.78 is 0. The van der Waals surface area contributed by atoms with E-state index in [2.05, 4.69) is 116 Å². The molecule has 5 heteroatoms. The first kappa shape index (κ1) is 31.9. The maximum atomic E-state index is 9.64. The molecule has 8 aromatic rings. The van der Waals surface area contributed by atoms with Crippen molar-refractivity contribution in [3.05, 3.63) is 181 Å². The van der Waals surface area contributed by atoms with Crippen molar-refractivity contribution in [2.24, 2.45) is 0 Å². The number of aromatic nitrogens is 4. The highest BCUT2D eigenvalue weighted by Gasteiger charge is 2.36. The lowest BCUT2D eigenvalue weighted by molar-refractivity contribution is 0.660. The Balaban J connectivity index is 1.20. The molecule has 0 atom stereocenters. The SMILES string of the molecule is CC1(C)c2cc(C#N)ccc2-c2ccc(-c3cc(-c4ccncc4)cc(-c4nc(-c5ccccc5)nc(-c5ccc(-c6ccccc6)cc5)n4)c3)cc21. The summed E-state index contributed by atoms with van der Waals surface area (Å²) in [4.78, 5) is 19.5. The number of fused-ring (bicyclic) bond motifs is 3. The van der Waals surface area contributed by atoms with Crippen LogP contribution in [0.4, 0.5) is 0 Å². The summed E-state index contributed by atoms with van der Waals surface area (Å²) in [5.41, 5.74) is 14.5. The normalized spacial score (nSPS) is 12.5. The van der Waals surface area contributed by atoms with Crippen molar-refractivity contribution >= 4 is 0 Å². The van der Waals surface area contributed by atoms with Crippen LogP contribution >= 0.6 is 0 Å². The minimum atomic E-state index is -0.261. The number of hydrogen-bond donors (Lipinski definition) is 0. The number of rotatable bonds is 6. The third kappa shape index (κ3) is 5.87. The van der Waals surface area contributed by atoms with Gasteiger partial charge in [-0.1, -0.05) is 117 Å². The van der Waals surface area contributed by atoms with Crippen LogP contribution in [0.1, 0.15) is 30.5 Å². The summed E-state index contributed by atoms with van der Waals surface area (Å²) in [6, 6.07) is 54.5. The Kier molecular flexibility index (Phi) is 7.79. The van der Waals surface area contributed by atoms with Gasteiger partial charge in [0.2, 0.25) is 0 Å². The summed E-state index contributed by atoms with van der Waals surface area (Å²) in [7, 11) is 0. The van der Waals surface area contributed by atoms with Crippen molar-refractivity contribution < 1.29 is 0 Å². The van der Waals surface area contributed by atoms with Crippen molar-refractivity contribution in [1.82, 2.24) is 19.9 Å². The van der Waals surface area contributed by atoms with Crippen LogP contribution in [0.5, 0.6) is 0 Å². The number of nitriles is 1. The van der Waals surface area contributed by atoms with E-state index >= 15 is 0 Å². The average molecular weight is 680 g/mol. The molecule has 6 aromatic carbocycles. The molecule has 0 amide bonds. The van der Waals surface area contributed by atoms with Gasteiger partial charge in [-0.2, -0.15) is 5.26 Å². The second-order valence-electron chi connectivity index (χ2n) is 13.9. The largest absolute Gasteiger partial charge is 0.265 e. The zero-order valence-electron chi connectivity index (χ0n) is 29.3. The van der Waals surface area contributed by atoms with Crippen LogP contribution < -0.4 is 0 Å². The molecule has 0 bridgehead atoms. The predicted molar refractivity (Wildman–Crippen MR) is 213 cm³/mol. The summed E-state index contributed by atoms with van der Waals surface area (Å²) in [6.07, 6.45) is 3.64. The van der Waals surface area contributed by atoms with Gasteiger partial charge in [-0.15, -0.1) is 0 Å². The molecule has 1 aliphatic rings. The first-order valence-electron chi connectivity index (χ1n) is 17.7. The third-order valence-corrected chi connectivity index (χ3v) is 10.3. The van der Waals surface area contributed by atoms with E-state index in [9.17, 15) is 5.26 Å². The molecular weight excluding hydrogens is 647 g/mol. The van der Waals surface area contributed by atoms with Crippen LogP contribution in [0.25, 0.3) is 78.7 Å². The Morgan fingerprint density at radius 1 is 0.415 bits per heavy atom. The van der Waals surface area contributed by atoms with Crippen LogP contribution in [0, 0.1) is 11.3 Å². The van der Waals surface area contributed by atoms with Crippen molar-refractivity contribution in [2.45, 2.75) is 19.3 Å². The molecule has 0 saturated heterocycles. The molecule has 2 heterocycles. The zero-order chi connectivity index (χ0) is 35.9. The maximum absolute atomic E-state index is 9.64. The summed E-state index contributed by atoms with van der Waals surface area (Å²) >= 11 is 0. The molecule has 0 aliphatic heterocycles. The minimum Gasteiger partial charge on any atom is -0.265 e. The maximum Gasteiger partial charge on any atom is 0.164 e. The standard InChI is InChI=1S/C48H33N5/c1-48(2)43-25-31(30-49)13-19-41(43)42-20-18-37(29-44(42)48)39-26-38(34-21-23-50-24-22-34)27-40(28-39)47-52-45(35-11-7-4-8-12-35)51-46(53-47)36-16-14-33(15-17-36)32-9-5-3-6-10-32/h3-29H,1-2H3. The summed E-state index contributed by atoms with van der Waals surface area (Å²) in [5, 5.41) is 9.64. The fourth-order valence-corrected chi connectivity index (χ4v) is 7.41. The molecule has 53 heavy (non-hydrogen) atoms. The number of nitrogens with zero attached hydrogens (tertiary/aromatic N) is 5. The number of pyridine rings is 1. The van der Waals surface area contributed by atoms with Gasteiger partial charge in [0.25, 0.3) is 0 Å². The van der Waals surface area contributed by atoms with Gasteiger partial charge < -0.3 is 0 Å². The van der Waals surface area contributed by atoms with Crippen LogP contribution in [0.2, 0.25) is 0 Å². The van der Waals surface area contributed by atoms with E-state index in [1.165, 1.54) is 22.3 Å². The number of hydrogen-bond acceptors (Lipinski definition) is 5. The highest BCUT2D eigenvalue weighted by Crippen LogP contribution is 2.50. The molecule has 0 unspecified atom stereocenters. The first-order chi connectivity index (χ1) is 25.9. The highest BCUT2D eigenvalue weighted by molar-refractivity contribution is 5.86. The predicted octanol–water partition coefficient (Wildman–Crippen LogP) is 11.4. The molecule has 250 valence electrons. The minimum absolute atomic E-state index is 0.261. The lowest BCUT2D eigenvalue weighted by Crippen LogP contribution is -2.15. The van der Waals surface area contributed by atoms with E-state index in [1.807, 2.05) is 73.1 Å². The van der Waals surface area contributed by atoms with Gasteiger partial charge in [-0.25, -0.2) is 15.0 Å². The molecule has 0 fully saturated rings. The molecule has 0 spiro atoms. The monoisotopic (exact) mass is 679 g/mol. The molecular formula is C48H33N5. The Bertz CT molecular complexity index is 2680. The van der Waals surface area contributed by atoms with Gasteiger partial charge in [-0.3, -0.25) is 4.98 Å². The van der Waals surface area contributed by atoms with Crippen molar-refractivity contribution in [1.29, 1.82) is 5.26 Å². The first-order valence-corrected chi connectivity index (χ1v) is 17.7. The molecule has 1 aliphatic carbocycles. The van der Waals surface area contributed by atoms with Gasteiger partial charge in [0.1, 0.15) is 0 Å². The van der Waals surface area contributed by atoms with Gasteiger partial charge in [0.15, 0.2) is 17.5 Å². The second kappa shape index (κ2) is 12.9. The summed E-state index contributed by atoms with van der Waals surface area (Å²) in [5.74, 6) is 1.82. The molecule has 0 saturated carbocycles. The van der Waals surface area contributed by atoms with E-state index in [0.29, 0.717) is 23.0 Å². The van der Waals surface area contributed by atoms with Gasteiger partial charge in [0, 0.05) is 34.5 Å². The topological polar surface area (TPSA) is 75.3 Å². The van der Waals surface area contributed by atoms with E-state index in [0.717, 1.165) is 50.1 Å². The fourth-order valence-electron chi connectivity index (χ4n) is 7.41. The zero-order valence-corrected chi connectivity index (χ0v) is 29.3. The number of benzene rings is 6. The van der Waals surface area contributed by atoms with Crippen LogP contribution in [-0.2, 0) is 5.41 Å². The smallest absolute Gasteiger partial charge is 0.164 e. The average Bonchev–Trinajstić information content (AvgIpc) is 3.46. The van der Waals surface area contributed by atoms with Gasteiger partial charge >= 0.3 is 0 Å². The van der Waals surface area contributed by atoms with E-state index < -0.39 is 0 Å². The molecule has 0 N–H and O–H groups in total. The van der Waals surface area contributed by atoms with Gasteiger partial charge in [0.05, 0.1) is 11.6 Å². The Morgan fingerprint density at radius 2 is 0.868 bits per heavy atom. The lowest BCUT2D eigenvalue weighted by atomic mass is 9.81. The van der Waals surface area contributed by atoms with Gasteiger partial charge in [-0.05, 0) is 104 Å². The Labute approximate surface area is 309 Å².